The van der Waals surface area contributed by atoms with E-state index in [9.17, 15) is 18.3 Å². The Morgan fingerprint density at radius 2 is 1.90 bits per heavy atom. The number of nitrogens with zero attached hydrogens (tertiary/aromatic N) is 1. The molecule has 1 aliphatic heterocycles. The largest absolute Gasteiger partial charge is 0.416 e. The van der Waals surface area contributed by atoms with Gasteiger partial charge in [0.25, 0.3) is 0 Å². The maximum absolute atomic E-state index is 12.7. The van der Waals surface area contributed by atoms with Crippen molar-refractivity contribution in [1.82, 2.24) is 4.90 Å². The topological polar surface area (TPSA) is 23.5 Å². The van der Waals surface area contributed by atoms with Crippen LogP contribution in [0, 0.1) is 6.92 Å². The molecule has 1 saturated heterocycles. The molecule has 1 atom stereocenters. The molecule has 1 aromatic rings. The molecule has 5 heteroatoms. The van der Waals surface area contributed by atoms with E-state index in [0.717, 1.165) is 31.6 Å². The Kier molecular flexibility index (Phi) is 4.12. The van der Waals surface area contributed by atoms with E-state index < -0.39 is 17.3 Å². The minimum atomic E-state index is -4.34. The Labute approximate surface area is 117 Å². The van der Waals surface area contributed by atoms with Gasteiger partial charge in [0.15, 0.2) is 0 Å². The van der Waals surface area contributed by atoms with Crippen LogP contribution in [0.4, 0.5) is 13.2 Å². The van der Waals surface area contributed by atoms with Crippen molar-refractivity contribution in [3.8, 4) is 0 Å². The average molecular weight is 287 g/mol. The Hall–Kier alpha value is -1.07. The number of aliphatic hydroxyl groups is 1. The summed E-state index contributed by atoms with van der Waals surface area (Å²) in [7, 11) is 1.99. The summed E-state index contributed by atoms with van der Waals surface area (Å²) >= 11 is 0. The van der Waals surface area contributed by atoms with Crippen molar-refractivity contribution < 1.29 is 18.3 Å². The molecular weight excluding hydrogens is 267 g/mol. The maximum Gasteiger partial charge on any atom is 0.416 e. The third-order valence-electron chi connectivity index (χ3n) is 4.09. The van der Waals surface area contributed by atoms with E-state index in [1.807, 2.05) is 7.05 Å². The fourth-order valence-corrected chi connectivity index (χ4v) is 2.89. The van der Waals surface area contributed by atoms with E-state index in [0.29, 0.717) is 24.0 Å². The second kappa shape index (κ2) is 5.37. The Balaban J connectivity index is 2.32. The van der Waals surface area contributed by atoms with Gasteiger partial charge >= 0.3 is 6.18 Å². The fraction of sp³-hybridized carbons (Fsp3) is 0.600. The van der Waals surface area contributed by atoms with Crippen LogP contribution in [0.25, 0.3) is 0 Å². The first-order valence-corrected chi connectivity index (χ1v) is 6.82. The van der Waals surface area contributed by atoms with Crippen LogP contribution >= 0.6 is 0 Å². The monoisotopic (exact) mass is 287 g/mol. The van der Waals surface area contributed by atoms with Crippen LogP contribution in [-0.4, -0.2) is 30.1 Å². The summed E-state index contributed by atoms with van der Waals surface area (Å²) in [5.74, 6) is 0. The van der Waals surface area contributed by atoms with E-state index in [2.05, 4.69) is 4.90 Å². The van der Waals surface area contributed by atoms with Crippen molar-refractivity contribution in [2.45, 2.75) is 38.0 Å². The number of benzene rings is 1. The molecular formula is C15H20F3NO. The van der Waals surface area contributed by atoms with Gasteiger partial charge in [0.05, 0.1) is 11.2 Å². The second-order valence-electron chi connectivity index (χ2n) is 5.72. The van der Waals surface area contributed by atoms with E-state index in [1.165, 1.54) is 6.07 Å². The lowest BCUT2D eigenvalue weighted by Crippen LogP contribution is -2.28. The number of aryl methyl sites for hydroxylation is 1. The molecule has 1 unspecified atom stereocenters. The summed E-state index contributed by atoms with van der Waals surface area (Å²) in [4.78, 5) is 2.14. The first kappa shape index (κ1) is 15.3. The lowest BCUT2D eigenvalue weighted by molar-refractivity contribution is -0.137. The summed E-state index contributed by atoms with van der Waals surface area (Å²) in [5, 5.41) is 10.8. The zero-order valence-electron chi connectivity index (χ0n) is 11.8. The number of likely N-dealkylation sites (tertiary alicyclic amines) is 1. The van der Waals surface area contributed by atoms with E-state index >= 15 is 0 Å². The summed E-state index contributed by atoms with van der Waals surface area (Å²) in [6.45, 7) is 3.29. The van der Waals surface area contributed by atoms with Crippen molar-refractivity contribution >= 4 is 0 Å². The highest BCUT2D eigenvalue weighted by atomic mass is 19.4. The minimum absolute atomic E-state index is 0.506. The second-order valence-corrected chi connectivity index (χ2v) is 5.72. The van der Waals surface area contributed by atoms with E-state index in [4.69, 9.17) is 0 Å². The predicted octanol–water partition coefficient (Wildman–Crippen LogP) is 3.32. The zero-order chi connectivity index (χ0) is 15.0. The van der Waals surface area contributed by atoms with Crippen molar-refractivity contribution in [3.05, 3.63) is 34.9 Å². The van der Waals surface area contributed by atoms with Gasteiger partial charge in [-0.3, -0.25) is 0 Å². The summed E-state index contributed by atoms with van der Waals surface area (Å²) < 4.78 is 38.1. The van der Waals surface area contributed by atoms with Gasteiger partial charge in [-0.15, -0.1) is 0 Å². The molecule has 0 radical (unpaired) electrons. The average Bonchev–Trinajstić information content (AvgIpc) is 2.51. The van der Waals surface area contributed by atoms with Crippen molar-refractivity contribution in [1.29, 1.82) is 0 Å². The number of hydrogen-bond acceptors (Lipinski definition) is 2. The lowest BCUT2D eigenvalue weighted by Gasteiger charge is -2.29. The minimum Gasteiger partial charge on any atom is -0.385 e. The van der Waals surface area contributed by atoms with Crippen LogP contribution in [-0.2, 0) is 11.8 Å². The first-order valence-electron chi connectivity index (χ1n) is 6.82. The van der Waals surface area contributed by atoms with Crippen LogP contribution < -0.4 is 0 Å². The van der Waals surface area contributed by atoms with Crippen LogP contribution in [0.2, 0.25) is 0 Å². The Morgan fingerprint density at radius 3 is 2.50 bits per heavy atom. The molecule has 0 bridgehead atoms. The highest BCUT2D eigenvalue weighted by Crippen LogP contribution is 2.37. The van der Waals surface area contributed by atoms with Crippen LogP contribution in [0.15, 0.2) is 18.2 Å². The molecule has 0 amide bonds. The van der Waals surface area contributed by atoms with Gasteiger partial charge in [0, 0.05) is 6.54 Å². The van der Waals surface area contributed by atoms with Gasteiger partial charge in [-0.05, 0) is 63.0 Å². The molecule has 0 aromatic heterocycles. The maximum atomic E-state index is 12.7. The molecule has 0 aliphatic carbocycles. The normalized spacial score (nSPS) is 25.5. The molecule has 20 heavy (non-hydrogen) atoms. The third-order valence-corrected chi connectivity index (χ3v) is 4.09. The molecule has 112 valence electrons. The van der Waals surface area contributed by atoms with Gasteiger partial charge in [-0.2, -0.15) is 13.2 Å². The number of halogens is 3. The highest BCUT2D eigenvalue weighted by molar-refractivity contribution is 5.36. The van der Waals surface area contributed by atoms with Crippen molar-refractivity contribution in [2.75, 3.05) is 20.1 Å². The molecule has 1 aromatic carbocycles. The van der Waals surface area contributed by atoms with E-state index in [1.54, 1.807) is 6.92 Å². The van der Waals surface area contributed by atoms with Gasteiger partial charge < -0.3 is 10.0 Å². The lowest BCUT2D eigenvalue weighted by atomic mass is 9.83. The molecule has 1 heterocycles. The summed E-state index contributed by atoms with van der Waals surface area (Å²) in [6, 6.07) is 3.63. The van der Waals surface area contributed by atoms with Crippen LogP contribution in [0.5, 0.6) is 0 Å². The van der Waals surface area contributed by atoms with Crippen LogP contribution in [0.1, 0.15) is 36.0 Å². The van der Waals surface area contributed by atoms with Gasteiger partial charge in [0.2, 0.25) is 0 Å². The highest BCUT2D eigenvalue weighted by Gasteiger charge is 2.35. The predicted molar refractivity (Wildman–Crippen MR) is 71.4 cm³/mol. The van der Waals surface area contributed by atoms with Gasteiger partial charge in [-0.1, -0.05) is 6.07 Å². The van der Waals surface area contributed by atoms with Gasteiger partial charge in [0.1, 0.15) is 0 Å². The molecule has 1 fully saturated rings. The molecule has 1 N–H and O–H groups in total. The smallest absolute Gasteiger partial charge is 0.385 e. The fourth-order valence-electron chi connectivity index (χ4n) is 2.89. The molecule has 2 nitrogen and oxygen atoms in total. The Morgan fingerprint density at radius 1 is 1.20 bits per heavy atom. The zero-order valence-corrected chi connectivity index (χ0v) is 11.8. The molecule has 2 rings (SSSR count). The number of alkyl halides is 3. The SMILES string of the molecule is Cc1cc(C(F)(F)F)ccc1C1(O)CCCN(C)CC1. The molecule has 1 aliphatic rings. The Bertz CT molecular complexity index is 486. The van der Waals surface area contributed by atoms with E-state index in [-0.39, 0.29) is 0 Å². The quantitative estimate of drug-likeness (QED) is 0.856. The number of rotatable bonds is 1. The third kappa shape index (κ3) is 3.15. The number of hydrogen-bond donors (Lipinski definition) is 1. The van der Waals surface area contributed by atoms with Crippen molar-refractivity contribution in [2.24, 2.45) is 0 Å². The van der Waals surface area contributed by atoms with Gasteiger partial charge in [-0.25, -0.2) is 0 Å². The first-order chi connectivity index (χ1) is 9.22. The summed E-state index contributed by atoms with van der Waals surface area (Å²) in [6.07, 6.45) is -2.36. The van der Waals surface area contributed by atoms with Crippen LogP contribution in [0.3, 0.4) is 0 Å². The standard InChI is InChI=1S/C15H20F3NO/c1-11-10-12(15(16,17)18)4-5-13(11)14(20)6-3-8-19(2)9-7-14/h4-5,10,20H,3,6-9H2,1-2H3. The molecule has 0 spiro atoms. The molecule has 0 saturated carbocycles. The van der Waals surface area contributed by atoms with Crippen molar-refractivity contribution in [3.63, 3.8) is 0 Å². The summed E-state index contributed by atoms with van der Waals surface area (Å²) in [5.41, 5.74) is -0.542.